The second-order valence-electron chi connectivity index (χ2n) is 15.3. The lowest BCUT2D eigenvalue weighted by Gasteiger charge is -2.11. The van der Waals surface area contributed by atoms with Gasteiger partial charge in [0.25, 0.3) is 0 Å². The van der Waals surface area contributed by atoms with E-state index in [1.165, 1.54) is 49.0 Å². The average molecular weight is 782 g/mol. The highest BCUT2D eigenvalue weighted by atomic mass is 15.0. The van der Waals surface area contributed by atoms with Crippen molar-refractivity contribution >= 4 is 60.1 Å². The fourth-order valence-corrected chi connectivity index (χ4v) is 8.79. The first-order valence-electron chi connectivity index (χ1n) is 20.6. The fraction of sp³-hybridized carbons (Fsp3) is 0.0179. The molecule has 5 nitrogen and oxygen atoms in total. The SMILES string of the molecule is C=C/C=C(\C=C/C)n1c2ccccc2c2cc(-c3ccc4c(c3)c3cc5ccccc5cc3n4-c3ccc(-c4nc(-c5ccccc5)nc(-c5ccccc5)n4)cc3)ccc21. The van der Waals surface area contributed by atoms with Gasteiger partial charge in [0, 0.05) is 49.6 Å². The summed E-state index contributed by atoms with van der Waals surface area (Å²) in [5.74, 6) is 1.92. The molecule has 0 aliphatic rings. The van der Waals surface area contributed by atoms with E-state index in [2.05, 4.69) is 155 Å². The first kappa shape index (κ1) is 36.0. The minimum Gasteiger partial charge on any atom is -0.309 e. The standard InChI is InChI=1S/C56H39N5/c1-3-15-44(16-4-2)60-50-24-14-13-23-46(50)47-34-42(27-31-51(47)60)43-28-32-52-48(35-43)49-33-40-21-11-12-22-41(40)36-53(49)61(52)45-29-25-39(26-30-45)56-58-54(37-17-7-5-8-18-37)57-55(59-56)38-19-9-6-10-20-38/h3-36H,1H2,2H3/b16-4-,44-15+. The molecule has 11 aromatic rings. The maximum absolute atomic E-state index is 4.99. The number of aromatic nitrogens is 5. The van der Waals surface area contributed by atoms with Crippen molar-refractivity contribution in [3.05, 3.63) is 213 Å². The van der Waals surface area contributed by atoms with Crippen LogP contribution in [0.4, 0.5) is 0 Å². The van der Waals surface area contributed by atoms with Crippen LogP contribution in [-0.4, -0.2) is 24.1 Å². The molecule has 0 atom stereocenters. The number of allylic oxidation sites excluding steroid dienone is 5. The largest absolute Gasteiger partial charge is 0.309 e. The lowest BCUT2D eigenvalue weighted by molar-refractivity contribution is 1.07. The molecule has 8 aromatic carbocycles. The number of para-hydroxylation sites is 1. The quantitative estimate of drug-likeness (QED) is 0.144. The third kappa shape index (κ3) is 6.23. The molecule has 0 unspecified atom stereocenters. The highest BCUT2D eigenvalue weighted by molar-refractivity contribution is 6.15. The topological polar surface area (TPSA) is 48.5 Å². The van der Waals surface area contributed by atoms with Crippen LogP contribution in [0.2, 0.25) is 0 Å². The Balaban J connectivity index is 1.05. The van der Waals surface area contributed by atoms with Crippen LogP contribution in [-0.2, 0) is 0 Å². The second kappa shape index (κ2) is 14.9. The van der Waals surface area contributed by atoms with Gasteiger partial charge in [0.1, 0.15) is 0 Å². The molecule has 0 N–H and O–H groups in total. The van der Waals surface area contributed by atoms with Gasteiger partial charge >= 0.3 is 0 Å². The van der Waals surface area contributed by atoms with E-state index in [1.807, 2.05) is 73.7 Å². The molecular formula is C56H39N5. The van der Waals surface area contributed by atoms with Gasteiger partial charge in [-0.2, -0.15) is 0 Å². The Kier molecular flexibility index (Phi) is 8.79. The molecule has 0 amide bonds. The molecule has 0 fully saturated rings. The second-order valence-corrected chi connectivity index (χ2v) is 15.3. The van der Waals surface area contributed by atoms with Gasteiger partial charge in [-0.15, -0.1) is 0 Å². The van der Waals surface area contributed by atoms with Crippen molar-refractivity contribution in [3.63, 3.8) is 0 Å². The average Bonchev–Trinajstić information content (AvgIpc) is 3.82. The van der Waals surface area contributed by atoms with Crippen LogP contribution in [0.5, 0.6) is 0 Å². The van der Waals surface area contributed by atoms with Crippen molar-refractivity contribution in [2.75, 3.05) is 0 Å². The Hall–Kier alpha value is -8.15. The van der Waals surface area contributed by atoms with E-state index in [1.54, 1.807) is 0 Å². The van der Waals surface area contributed by atoms with Gasteiger partial charge < -0.3 is 9.13 Å². The van der Waals surface area contributed by atoms with Gasteiger partial charge in [-0.25, -0.2) is 15.0 Å². The summed E-state index contributed by atoms with van der Waals surface area (Å²) >= 11 is 0. The molecular weight excluding hydrogens is 743 g/mol. The number of hydrogen-bond donors (Lipinski definition) is 0. The van der Waals surface area contributed by atoms with Gasteiger partial charge in [-0.3, -0.25) is 0 Å². The van der Waals surface area contributed by atoms with Crippen LogP contribution in [0, 0.1) is 0 Å². The summed E-state index contributed by atoms with van der Waals surface area (Å²) in [6.07, 6.45) is 8.13. The van der Waals surface area contributed by atoms with Crippen LogP contribution in [0.1, 0.15) is 6.92 Å². The fourth-order valence-electron chi connectivity index (χ4n) is 8.79. The number of benzene rings is 8. The van der Waals surface area contributed by atoms with Crippen LogP contribution in [0.25, 0.3) is 111 Å². The van der Waals surface area contributed by atoms with Crippen molar-refractivity contribution in [1.29, 1.82) is 0 Å². The minimum atomic E-state index is 0.631. The molecule has 0 saturated heterocycles. The maximum atomic E-state index is 4.99. The van der Waals surface area contributed by atoms with Crippen LogP contribution < -0.4 is 0 Å². The molecule has 3 aromatic heterocycles. The summed E-state index contributed by atoms with van der Waals surface area (Å²) in [4.78, 5) is 14.9. The number of fused-ring (bicyclic) bond motifs is 7. The number of nitrogens with zero attached hydrogens (tertiary/aromatic N) is 5. The lowest BCUT2D eigenvalue weighted by atomic mass is 10.00. The van der Waals surface area contributed by atoms with E-state index in [0.717, 1.165) is 44.6 Å². The highest BCUT2D eigenvalue weighted by Crippen LogP contribution is 2.40. The lowest BCUT2D eigenvalue weighted by Crippen LogP contribution is -2.00. The van der Waals surface area contributed by atoms with Gasteiger partial charge in [0.05, 0.1) is 22.1 Å². The highest BCUT2D eigenvalue weighted by Gasteiger charge is 2.18. The van der Waals surface area contributed by atoms with E-state index in [9.17, 15) is 0 Å². The first-order valence-corrected chi connectivity index (χ1v) is 20.6. The van der Waals surface area contributed by atoms with Crippen molar-refractivity contribution in [3.8, 4) is 51.0 Å². The molecule has 0 aliphatic carbocycles. The van der Waals surface area contributed by atoms with Gasteiger partial charge in [0.2, 0.25) is 0 Å². The van der Waals surface area contributed by atoms with Gasteiger partial charge in [-0.1, -0.05) is 134 Å². The molecule has 61 heavy (non-hydrogen) atoms. The van der Waals surface area contributed by atoms with Crippen molar-refractivity contribution in [1.82, 2.24) is 24.1 Å². The van der Waals surface area contributed by atoms with Crippen LogP contribution >= 0.6 is 0 Å². The molecule has 3 heterocycles. The smallest absolute Gasteiger partial charge is 0.164 e. The van der Waals surface area contributed by atoms with E-state index in [0.29, 0.717) is 17.5 Å². The Bertz CT molecular complexity index is 3480. The first-order chi connectivity index (χ1) is 30.1. The zero-order valence-corrected chi connectivity index (χ0v) is 33.6. The van der Waals surface area contributed by atoms with Crippen molar-refractivity contribution in [2.45, 2.75) is 6.92 Å². The summed E-state index contributed by atoms with van der Waals surface area (Å²) in [5, 5.41) is 7.26. The van der Waals surface area contributed by atoms with Crippen LogP contribution in [0.15, 0.2) is 213 Å². The Morgan fingerprint density at radius 2 is 0.934 bits per heavy atom. The predicted molar refractivity (Wildman–Crippen MR) is 256 cm³/mol. The Morgan fingerprint density at radius 3 is 1.56 bits per heavy atom. The minimum absolute atomic E-state index is 0.631. The molecule has 0 saturated carbocycles. The molecule has 0 bridgehead atoms. The molecule has 288 valence electrons. The summed E-state index contributed by atoms with van der Waals surface area (Å²) in [6, 6.07) is 64.5. The number of rotatable bonds is 8. The van der Waals surface area contributed by atoms with Gasteiger partial charge in [0.15, 0.2) is 17.5 Å². The van der Waals surface area contributed by atoms with E-state index in [4.69, 9.17) is 15.0 Å². The third-order valence-electron chi connectivity index (χ3n) is 11.6. The maximum Gasteiger partial charge on any atom is 0.164 e. The van der Waals surface area contributed by atoms with Crippen LogP contribution in [0.3, 0.4) is 0 Å². The van der Waals surface area contributed by atoms with Gasteiger partial charge in [-0.05, 0) is 108 Å². The van der Waals surface area contributed by atoms with Crippen molar-refractivity contribution in [2.24, 2.45) is 0 Å². The predicted octanol–water partition coefficient (Wildman–Crippen LogP) is 14.5. The third-order valence-corrected chi connectivity index (χ3v) is 11.6. The van der Waals surface area contributed by atoms with E-state index >= 15 is 0 Å². The summed E-state index contributed by atoms with van der Waals surface area (Å²) in [5.41, 5.74) is 11.9. The Labute approximate surface area is 353 Å². The van der Waals surface area contributed by atoms with Crippen molar-refractivity contribution < 1.29 is 0 Å². The summed E-state index contributed by atoms with van der Waals surface area (Å²) in [7, 11) is 0. The summed E-state index contributed by atoms with van der Waals surface area (Å²) < 4.78 is 4.71. The van der Waals surface area contributed by atoms with E-state index in [-0.39, 0.29) is 0 Å². The molecule has 5 heteroatoms. The Morgan fingerprint density at radius 1 is 0.443 bits per heavy atom. The van der Waals surface area contributed by atoms with E-state index < -0.39 is 0 Å². The zero-order valence-electron chi connectivity index (χ0n) is 33.6. The molecule has 0 radical (unpaired) electrons. The monoisotopic (exact) mass is 781 g/mol. The zero-order chi connectivity index (χ0) is 40.9. The normalized spacial score (nSPS) is 12.1. The summed E-state index contributed by atoms with van der Waals surface area (Å²) in [6.45, 7) is 6.05. The molecule has 0 spiro atoms. The molecule has 11 rings (SSSR count). The molecule has 0 aliphatic heterocycles. The number of hydrogen-bond acceptors (Lipinski definition) is 3.